The Balaban J connectivity index is 1.21. The van der Waals surface area contributed by atoms with Gasteiger partial charge in [-0.15, -0.1) is 0 Å². The first-order chi connectivity index (χ1) is 18.3. The normalized spacial score (nSPS) is 28.6. The predicted octanol–water partition coefficient (Wildman–Crippen LogP) is 4.24. The van der Waals surface area contributed by atoms with Gasteiger partial charge in [-0.2, -0.15) is 0 Å². The maximum Gasteiger partial charge on any atom is 0.487 e. The first kappa shape index (κ1) is 25.8. The molecule has 6 rings (SSSR count). The molecule has 1 aliphatic carbocycles. The molecule has 3 saturated heterocycles. The number of hydrogen-bond donors (Lipinski definition) is 2. The van der Waals surface area contributed by atoms with Crippen LogP contribution in [0.5, 0.6) is 5.75 Å². The van der Waals surface area contributed by atoms with E-state index in [-0.39, 0.29) is 29.5 Å². The minimum atomic E-state index is -1.17. The van der Waals surface area contributed by atoms with E-state index in [1.807, 2.05) is 25.1 Å². The van der Waals surface area contributed by atoms with Crippen molar-refractivity contribution in [1.82, 2.24) is 9.80 Å². The maximum absolute atomic E-state index is 13.9. The Morgan fingerprint density at radius 3 is 2.53 bits per heavy atom. The summed E-state index contributed by atoms with van der Waals surface area (Å²) in [6.45, 7) is 4.49. The van der Waals surface area contributed by atoms with Crippen molar-refractivity contribution >= 4 is 34.9 Å². The molecule has 2 aromatic rings. The van der Waals surface area contributed by atoms with Crippen LogP contribution in [0.2, 0.25) is 0 Å². The number of phenolic OH excluding ortho intramolecular Hbond substituents is 1. The van der Waals surface area contributed by atoms with Gasteiger partial charge < -0.3 is 14.8 Å². The third-order valence-electron chi connectivity index (χ3n) is 8.90. The van der Waals surface area contributed by atoms with Crippen LogP contribution in [0.25, 0.3) is 0 Å². The molecule has 2 N–H and O–H groups in total. The van der Waals surface area contributed by atoms with Crippen molar-refractivity contribution in [3.8, 4) is 5.75 Å². The van der Waals surface area contributed by atoms with Crippen LogP contribution in [0.3, 0.4) is 0 Å². The lowest BCUT2D eigenvalue weighted by Crippen LogP contribution is -2.48. The average Bonchev–Trinajstić information content (AvgIpc) is 3.15. The largest absolute Gasteiger partial charge is 0.508 e. The lowest BCUT2D eigenvalue weighted by Gasteiger charge is -2.41. The molecule has 0 radical (unpaired) electrons. The summed E-state index contributed by atoms with van der Waals surface area (Å²) in [6.07, 6.45) is 1.86. The van der Waals surface area contributed by atoms with E-state index >= 15 is 0 Å². The average molecular weight is 579 g/mol. The van der Waals surface area contributed by atoms with Gasteiger partial charge in [0.05, 0.1) is 17.9 Å². The second-order valence-electron chi connectivity index (χ2n) is 11.1. The Labute approximate surface area is 231 Å². The molecule has 0 unspecified atom stereocenters. The monoisotopic (exact) mass is 578 g/mol. The standard InChI is InChI=1S/C29H32BBrN2O5/c1-17-13-23-26(22-15-25(38-30(37)27(17)22)21-14-19(31)7-8-24(21)34)29(36)33(28(23)35)20-9-11-32(12-10-20)16-18-5-3-2-4-6-18/h2-8,14,20,22-23,25-26,34,37H,9-13,15-16H2,1H3/t22-,23-,25-,26+/m0/s1. The third kappa shape index (κ3) is 4.53. The summed E-state index contributed by atoms with van der Waals surface area (Å²) in [5.74, 6) is -1.30. The Morgan fingerprint density at radius 1 is 1.05 bits per heavy atom. The number of amides is 2. The highest BCUT2D eigenvalue weighted by molar-refractivity contribution is 9.10. The molecule has 0 aromatic heterocycles. The number of carbonyl (C=O) groups is 2. The van der Waals surface area contributed by atoms with Gasteiger partial charge in [0.2, 0.25) is 11.8 Å². The van der Waals surface area contributed by atoms with Gasteiger partial charge in [0, 0.05) is 35.7 Å². The van der Waals surface area contributed by atoms with Crippen molar-refractivity contribution in [1.29, 1.82) is 0 Å². The number of likely N-dealkylation sites (tertiary alicyclic amines) is 2. The van der Waals surface area contributed by atoms with E-state index in [2.05, 4.69) is 33.0 Å². The fraction of sp³-hybridized carbons (Fsp3) is 0.448. The fourth-order valence-corrected chi connectivity index (χ4v) is 7.48. The molecule has 7 nitrogen and oxygen atoms in total. The van der Waals surface area contributed by atoms with Crippen LogP contribution >= 0.6 is 15.9 Å². The molecule has 0 spiro atoms. The van der Waals surface area contributed by atoms with Gasteiger partial charge in [-0.1, -0.05) is 51.8 Å². The molecule has 0 saturated carbocycles. The van der Waals surface area contributed by atoms with Gasteiger partial charge in [0.15, 0.2) is 0 Å². The Hall–Kier alpha value is -2.46. The summed E-state index contributed by atoms with van der Waals surface area (Å²) in [6, 6.07) is 15.4. The highest BCUT2D eigenvalue weighted by atomic mass is 79.9. The number of aromatic hydroxyl groups is 1. The smallest absolute Gasteiger partial charge is 0.487 e. The Morgan fingerprint density at radius 2 is 1.79 bits per heavy atom. The number of halogens is 1. The van der Waals surface area contributed by atoms with Gasteiger partial charge in [-0.05, 0) is 67.8 Å². The zero-order valence-electron chi connectivity index (χ0n) is 21.4. The summed E-state index contributed by atoms with van der Waals surface area (Å²) in [7, 11) is -1.17. The number of hydrogen-bond acceptors (Lipinski definition) is 6. The minimum Gasteiger partial charge on any atom is -0.508 e. The predicted molar refractivity (Wildman–Crippen MR) is 147 cm³/mol. The lowest BCUT2D eigenvalue weighted by molar-refractivity contribution is -0.144. The number of carbonyl (C=O) groups excluding carboxylic acids is 2. The van der Waals surface area contributed by atoms with Gasteiger partial charge >= 0.3 is 7.12 Å². The Kier molecular flexibility index (Phi) is 6.97. The molecule has 0 bridgehead atoms. The lowest BCUT2D eigenvalue weighted by atomic mass is 9.55. The molecule has 198 valence electrons. The van der Waals surface area contributed by atoms with E-state index in [0.29, 0.717) is 18.4 Å². The molecule has 9 heteroatoms. The second-order valence-corrected chi connectivity index (χ2v) is 12.0. The Bertz CT molecular complexity index is 1280. The molecule has 4 atom stereocenters. The summed E-state index contributed by atoms with van der Waals surface area (Å²) in [5, 5.41) is 21.5. The van der Waals surface area contributed by atoms with Gasteiger partial charge in [0.25, 0.3) is 0 Å². The highest BCUT2D eigenvalue weighted by Crippen LogP contribution is 2.52. The van der Waals surface area contributed by atoms with Gasteiger partial charge in [-0.3, -0.25) is 19.4 Å². The number of allylic oxidation sites excluding steroid dienone is 2. The van der Waals surface area contributed by atoms with Crippen LogP contribution in [0, 0.1) is 17.8 Å². The van der Waals surface area contributed by atoms with E-state index < -0.39 is 25.1 Å². The van der Waals surface area contributed by atoms with Crippen molar-refractivity contribution in [3.63, 3.8) is 0 Å². The minimum absolute atomic E-state index is 0.0669. The topological polar surface area (TPSA) is 90.3 Å². The first-order valence-corrected chi connectivity index (χ1v) is 14.3. The highest BCUT2D eigenvalue weighted by Gasteiger charge is 2.58. The molecule has 4 aliphatic rings. The van der Waals surface area contributed by atoms with Crippen molar-refractivity contribution in [3.05, 3.63) is 75.2 Å². The molecule has 38 heavy (non-hydrogen) atoms. The summed E-state index contributed by atoms with van der Waals surface area (Å²) in [4.78, 5) is 31.6. The third-order valence-corrected chi connectivity index (χ3v) is 9.39. The van der Waals surface area contributed by atoms with E-state index in [4.69, 9.17) is 4.65 Å². The van der Waals surface area contributed by atoms with Crippen LogP contribution in [-0.4, -0.2) is 58.0 Å². The molecular weight excluding hydrogens is 547 g/mol. The number of nitrogens with zero attached hydrogens (tertiary/aromatic N) is 2. The van der Waals surface area contributed by atoms with Crippen molar-refractivity contribution in [2.45, 2.75) is 51.3 Å². The van der Waals surface area contributed by atoms with E-state index in [1.54, 1.807) is 23.1 Å². The molecule has 3 fully saturated rings. The van der Waals surface area contributed by atoms with Gasteiger partial charge in [0.1, 0.15) is 5.75 Å². The second kappa shape index (κ2) is 10.3. The van der Waals surface area contributed by atoms with Crippen LogP contribution in [0.1, 0.15) is 49.8 Å². The molecular formula is C29H32BBrN2O5. The number of imide groups is 1. The van der Waals surface area contributed by atoms with Crippen molar-refractivity contribution in [2.24, 2.45) is 17.8 Å². The summed E-state index contributed by atoms with van der Waals surface area (Å²) < 4.78 is 6.75. The van der Waals surface area contributed by atoms with Crippen molar-refractivity contribution < 1.29 is 24.4 Å². The number of piperidine rings is 1. The number of benzene rings is 2. The summed E-state index contributed by atoms with van der Waals surface area (Å²) in [5.41, 5.74) is 3.50. The van der Waals surface area contributed by atoms with E-state index in [0.717, 1.165) is 48.0 Å². The SMILES string of the molecule is CC1=C2B(O)O[C@H](c3cc(Br)ccc3O)C[C@H]2[C@H]2C(=O)N(C3CCN(Cc4ccccc4)CC3)C(=O)[C@H]2C1. The molecule has 3 heterocycles. The van der Waals surface area contributed by atoms with E-state index in [9.17, 15) is 19.7 Å². The molecule has 2 aromatic carbocycles. The maximum atomic E-state index is 13.9. The zero-order valence-corrected chi connectivity index (χ0v) is 23.0. The fourth-order valence-electron chi connectivity index (χ4n) is 7.10. The summed E-state index contributed by atoms with van der Waals surface area (Å²) >= 11 is 3.45. The van der Waals surface area contributed by atoms with E-state index in [1.165, 1.54) is 5.56 Å². The quantitative estimate of drug-likeness (QED) is 0.417. The molecule has 3 aliphatic heterocycles. The molecule has 2 amide bonds. The number of phenols is 1. The van der Waals surface area contributed by atoms with Crippen LogP contribution < -0.4 is 0 Å². The first-order valence-electron chi connectivity index (χ1n) is 13.5. The van der Waals surface area contributed by atoms with Crippen molar-refractivity contribution in [2.75, 3.05) is 13.1 Å². The van der Waals surface area contributed by atoms with Crippen LogP contribution in [0.15, 0.2) is 64.0 Å². The van der Waals surface area contributed by atoms with Crippen LogP contribution in [-0.2, 0) is 20.8 Å². The van der Waals surface area contributed by atoms with Gasteiger partial charge in [-0.25, -0.2) is 0 Å². The number of fused-ring (bicyclic) bond motifs is 3. The zero-order chi connectivity index (χ0) is 26.6. The number of rotatable bonds is 4. The van der Waals surface area contributed by atoms with Crippen LogP contribution in [0.4, 0.5) is 0 Å².